The number of aliphatic hydroxyl groups is 1. The van der Waals surface area contributed by atoms with E-state index in [1.54, 1.807) is 31.5 Å². The number of benzene rings is 2. The van der Waals surface area contributed by atoms with Gasteiger partial charge < -0.3 is 14.6 Å². The molecule has 0 aliphatic carbocycles. The fraction of sp³-hybridized carbons (Fsp3) is 0.438. The van der Waals surface area contributed by atoms with Gasteiger partial charge >= 0.3 is 18.3 Å². The summed E-state index contributed by atoms with van der Waals surface area (Å²) in [5.74, 6) is -0.361. The van der Waals surface area contributed by atoms with Gasteiger partial charge in [0.15, 0.2) is 0 Å². The van der Waals surface area contributed by atoms with E-state index in [4.69, 9.17) is 9.47 Å². The van der Waals surface area contributed by atoms with Crippen LogP contribution in [0.15, 0.2) is 67.0 Å². The third-order valence-corrected chi connectivity index (χ3v) is 7.79. The van der Waals surface area contributed by atoms with Gasteiger partial charge in [0.2, 0.25) is 0 Å². The number of aromatic nitrogens is 1. The van der Waals surface area contributed by atoms with E-state index in [1.807, 2.05) is 30.0 Å². The average molecular weight is 640 g/mol. The van der Waals surface area contributed by atoms with Gasteiger partial charge in [0.05, 0.1) is 6.61 Å². The van der Waals surface area contributed by atoms with Gasteiger partial charge in [-0.05, 0) is 53.8 Å². The maximum atomic E-state index is 13.3. The van der Waals surface area contributed by atoms with Crippen molar-refractivity contribution in [2.75, 3.05) is 39.5 Å². The van der Waals surface area contributed by atoms with Gasteiger partial charge in [0, 0.05) is 57.3 Å². The third-order valence-electron chi connectivity index (χ3n) is 7.79. The van der Waals surface area contributed by atoms with Gasteiger partial charge in [-0.1, -0.05) is 42.5 Å². The number of ether oxygens (including phenoxy) is 2. The molecule has 4 rings (SSSR count). The lowest BCUT2D eigenvalue weighted by atomic mass is 9.90. The summed E-state index contributed by atoms with van der Waals surface area (Å²) in [7, 11) is 0. The molecule has 2 heterocycles. The maximum absolute atomic E-state index is 13.3. The normalized spacial score (nSPS) is 17.0. The lowest BCUT2D eigenvalue weighted by molar-refractivity contribution is -0.376. The fourth-order valence-corrected chi connectivity index (χ4v) is 5.38. The number of rotatable bonds is 11. The Kier molecular flexibility index (Phi) is 10.9. The Labute approximate surface area is 257 Å². The minimum absolute atomic E-state index is 0.136. The van der Waals surface area contributed by atoms with Gasteiger partial charge in [-0.25, -0.2) is 0 Å². The first-order valence-corrected chi connectivity index (χ1v) is 14.4. The molecule has 0 amide bonds. The highest BCUT2D eigenvalue weighted by molar-refractivity contribution is 5.76. The summed E-state index contributed by atoms with van der Waals surface area (Å²) in [5, 5.41) is 9.69. The largest absolute Gasteiger partial charge is 0.462 e. The van der Waals surface area contributed by atoms with Crippen LogP contribution in [0.4, 0.5) is 26.3 Å². The maximum Gasteiger partial charge on any atom is 0.430 e. The molecule has 1 fully saturated rings. The molecule has 7 nitrogen and oxygen atoms in total. The lowest BCUT2D eigenvalue weighted by Gasteiger charge is -2.40. The summed E-state index contributed by atoms with van der Waals surface area (Å²) in [5.41, 5.74) is -2.65. The molecule has 0 saturated carbocycles. The van der Waals surface area contributed by atoms with Crippen LogP contribution >= 0.6 is 0 Å². The lowest BCUT2D eigenvalue weighted by Crippen LogP contribution is -2.56. The highest BCUT2D eigenvalue weighted by Crippen LogP contribution is 2.50. The van der Waals surface area contributed by atoms with E-state index in [2.05, 4.69) is 9.88 Å². The summed E-state index contributed by atoms with van der Waals surface area (Å²) in [4.78, 5) is 21.4. The van der Waals surface area contributed by atoms with Crippen molar-refractivity contribution >= 4 is 5.97 Å². The number of alkyl halides is 6. The predicted molar refractivity (Wildman–Crippen MR) is 154 cm³/mol. The van der Waals surface area contributed by atoms with Crippen molar-refractivity contribution in [2.24, 2.45) is 0 Å². The molecule has 3 aromatic rings. The van der Waals surface area contributed by atoms with Crippen molar-refractivity contribution in [3.63, 3.8) is 0 Å². The highest BCUT2D eigenvalue weighted by atomic mass is 19.4. The molecule has 1 aromatic heterocycles. The number of esters is 1. The first-order valence-electron chi connectivity index (χ1n) is 14.4. The molecule has 1 aliphatic heterocycles. The number of carbonyl (C=O) groups is 1. The zero-order chi connectivity index (χ0) is 32.8. The van der Waals surface area contributed by atoms with Crippen LogP contribution in [0.2, 0.25) is 0 Å². The fourth-order valence-electron chi connectivity index (χ4n) is 5.38. The number of pyridine rings is 1. The zero-order valence-corrected chi connectivity index (χ0v) is 24.9. The van der Waals surface area contributed by atoms with Gasteiger partial charge in [0.25, 0.3) is 5.60 Å². The number of nitrogens with zero attached hydrogens (tertiary/aromatic N) is 3. The van der Waals surface area contributed by atoms with Gasteiger partial charge in [0.1, 0.15) is 12.6 Å². The number of hydrogen-bond acceptors (Lipinski definition) is 7. The van der Waals surface area contributed by atoms with Crippen LogP contribution in [0.25, 0.3) is 11.1 Å². The monoisotopic (exact) mass is 639 g/mol. The van der Waals surface area contributed by atoms with Crippen molar-refractivity contribution in [1.82, 2.24) is 14.8 Å². The summed E-state index contributed by atoms with van der Waals surface area (Å²) >= 11 is 0. The quantitative estimate of drug-likeness (QED) is 0.166. The summed E-state index contributed by atoms with van der Waals surface area (Å²) in [6, 6.07) is 12.2. The molecular weight excluding hydrogens is 604 g/mol. The SMILES string of the molecule is CCOCCOC(=O)[C@H]1CN(Cc2ccncc2)CCN1Cc1ccc(-c2ccc(C(O)(C(F)(F)F)C(F)(F)F)cc2)c(C)c1. The van der Waals surface area contributed by atoms with E-state index in [-0.39, 0.29) is 12.6 Å². The molecule has 1 saturated heterocycles. The number of hydrogen-bond donors (Lipinski definition) is 1. The van der Waals surface area contributed by atoms with Crippen LogP contribution < -0.4 is 0 Å². The van der Waals surface area contributed by atoms with Gasteiger partial charge in [-0.3, -0.25) is 19.6 Å². The van der Waals surface area contributed by atoms with Crippen molar-refractivity contribution in [3.8, 4) is 11.1 Å². The van der Waals surface area contributed by atoms with Crippen LogP contribution in [0, 0.1) is 6.92 Å². The summed E-state index contributed by atoms with van der Waals surface area (Å²) in [6.45, 7) is 7.37. The molecule has 0 spiro atoms. The second-order valence-corrected chi connectivity index (χ2v) is 10.9. The van der Waals surface area contributed by atoms with E-state index in [9.17, 15) is 36.2 Å². The molecule has 0 bridgehead atoms. The van der Waals surface area contributed by atoms with Crippen molar-refractivity contribution < 1.29 is 45.7 Å². The molecule has 0 radical (unpaired) electrons. The first-order chi connectivity index (χ1) is 21.2. The summed E-state index contributed by atoms with van der Waals surface area (Å²) < 4.78 is 90.5. The molecule has 1 N–H and O–H groups in total. The average Bonchev–Trinajstić information content (AvgIpc) is 2.99. The number of halogens is 6. The summed E-state index contributed by atoms with van der Waals surface area (Å²) in [6.07, 6.45) is -8.47. The van der Waals surface area contributed by atoms with E-state index in [0.717, 1.165) is 28.8 Å². The highest BCUT2D eigenvalue weighted by Gasteiger charge is 2.71. The predicted octanol–water partition coefficient (Wildman–Crippen LogP) is 5.64. The molecular formula is C32H35F6N3O4. The first kappa shape index (κ1) is 34.4. The number of carbonyl (C=O) groups excluding carboxylic acids is 1. The Morgan fingerprint density at radius 2 is 1.58 bits per heavy atom. The van der Waals surface area contributed by atoms with Crippen molar-refractivity contribution in [2.45, 2.75) is 50.9 Å². The zero-order valence-electron chi connectivity index (χ0n) is 24.9. The molecule has 2 aromatic carbocycles. The Bertz CT molecular complexity index is 1400. The van der Waals surface area contributed by atoms with E-state index < -0.39 is 29.6 Å². The minimum atomic E-state index is -5.96. The van der Waals surface area contributed by atoms with Crippen LogP contribution in [-0.4, -0.2) is 83.7 Å². The van der Waals surface area contributed by atoms with Crippen LogP contribution in [0.3, 0.4) is 0 Å². The Morgan fingerprint density at radius 3 is 2.18 bits per heavy atom. The minimum Gasteiger partial charge on any atom is -0.462 e. The topological polar surface area (TPSA) is 75.1 Å². The number of aryl methyl sites for hydroxylation is 1. The second-order valence-electron chi connectivity index (χ2n) is 10.9. The Hall–Kier alpha value is -3.52. The molecule has 13 heteroatoms. The van der Waals surface area contributed by atoms with Crippen LogP contribution in [0.1, 0.15) is 29.2 Å². The van der Waals surface area contributed by atoms with Crippen molar-refractivity contribution in [3.05, 3.63) is 89.2 Å². The third kappa shape index (κ3) is 8.01. The number of piperazine rings is 1. The second kappa shape index (κ2) is 14.3. The van der Waals surface area contributed by atoms with Crippen LogP contribution in [0.5, 0.6) is 0 Å². The molecule has 0 unspecified atom stereocenters. The van der Waals surface area contributed by atoms with Crippen LogP contribution in [-0.2, 0) is 33.0 Å². The standard InChI is InChI=1S/C32H35F6N3O4/c1-3-44-16-17-45-29(42)28-21-40(19-23-10-12-39-13-11-23)14-15-41(28)20-24-4-9-27(22(2)18-24)25-5-7-26(8-6-25)30(43,31(33,34)35)32(36,37)38/h4-13,18,28,43H,3,14-17,19-21H2,1-2H3/t28-/m1/s1. The van der Waals surface area contributed by atoms with E-state index in [1.165, 1.54) is 0 Å². The molecule has 244 valence electrons. The van der Waals surface area contributed by atoms with Gasteiger partial charge in [-0.15, -0.1) is 0 Å². The van der Waals surface area contributed by atoms with E-state index in [0.29, 0.717) is 69.2 Å². The molecule has 1 aliphatic rings. The molecule has 1 atom stereocenters. The Morgan fingerprint density at radius 1 is 0.911 bits per heavy atom. The van der Waals surface area contributed by atoms with Gasteiger partial charge in [-0.2, -0.15) is 26.3 Å². The smallest absolute Gasteiger partial charge is 0.430 e. The van der Waals surface area contributed by atoms with Crippen molar-refractivity contribution in [1.29, 1.82) is 0 Å². The Balaban J connectivity index is 1.50. The van der Waals surface area contributed by atoms with E-state index >= 15 is 0 Å². The molecule has 45 heavy (non-hydrogen) atoms.